The van der Waals surface area contributed by atoms with Gasteiger partial charge in [-0.2, -0.15) is 11.8 Å². The highest BCUT2D eigenvalue weighted by Crippen LogP contribution is 2.30. The fourth-order valence-corrected chi connectivity index (χ4v) is 4.19. The number of halogens is 1. The van der Waals surface area contributed by atoms with Gasteiger partial charge in [-0.3, -0.25) is 4.79 Å². The molecule has 1 aromatic carbocycles. The second kappa shape index (κ2) is 9.54. The molecule has 3 rings (SSSR count). The number of hydrogen-bond donors (Lipinski definition) is 2. The van der Waals surface area contributed by atoms with Crippen LogP contribution in [0.25, 0.3) is 0 Å². The smallest absolute Gasteiger partial charge is 0.225 e. The third-order valence-electron chi connectivity index (χ3n) is 4.58. The van der Waals surface area contributed by atoms with Crippen LogP contribution < -0.4 is 15.4 Å². The first-order chi connectivity index (χ1) is 11.2. The molecule has 1 saturated heterocycles. The molecule has 1 aromatic rings. The van der Waals surface area contributed by atoms with Gasteiger partial charge in [0.05, 0.1) is 6.10 Å². The summed E-state index contributed by atoms with van der Waals surface area (Å²) in [6.45, 7) is 3.01. The summed E-state index contributed by atoms with van der Waals surface area (Å²) in [6, 6.07) is 6.20. The molecule has 2 N–H and O–H groups in total. The molecule has 1 aliphatic heterocycles. The maximum absolute atomic E-state index is 12.3. The van der Waals surface area contributed by atoms with Gasteiger partial charge in [-0.25, -0.2) is 0 Å². The number of hydrogen-bond acceptors (Lipinski definition) is 4. The van der Waals surface area contributed by atoms with E-state index in [9.17, 15) is 4.79 Å². The normalized spacial score (nSPS) is 21.1. The second-order valence-corrected chi connectivity index (χ2v) is 7.58. The van der Waals surface area contributed by atoms with Crippen molar-refractivity contribution in [2.45, 2.75) is 51.2 Å². The van der Waals surface area contributed by atoms with Gasteiger partial charge in [-0.1, -0.05) is 6.07 Å². The summed E-state index contributed by atoms with van der Waals surface area (Å²) in [6.07, 6.45) is 5.66. The van der Waals surface area contributed by atoms with Gasteiger partial charge in [-0.05, 0) is 44.7 Å². The predicted octanol–water partition coefficient (Wildman–Crippen LogP) is 3.77. The molecule has 2 fully saturated rings. The van der Waals surface area contributed by atoms with Crippen molar-refractivity contribution in [2.75, 3.05) is 23.4 Å². The predicted molar refractivity (Wildman–Crippen MR) is 104 cm³/mol. The number of rotatable bonds is 5. The molecule has 1 aliphatic carbocycles. The third kappa shape index (κ3) is 5.30. The molecule has 0 radical (unpaired) electrons. The van der Waals surface area contributed by atoms with Gasteiger partial charge in [-0.15, -0.1) is 12.4 Å². The van der Waals surface area contributed by atoms with Crippen molar-refractivity contribution < 1.29 is 9.53 Å². The lowest BCUT2D eigenvalue weighted by molar-refractivity contribution is -0.116. The van der Waals surface area contributed by atoms with Crippen molar-refractivity contribution in [3.63, 3.8) is 0 Å². The molecule has 1 amide bonds. The standard InChI is InChI=1S/C18H26N2O2S.ClH/c1-13-16(20-18(21)11-14-12-23-10-9-19-14)7-4-8-17(13)22-15-5-2-3-6-15;/h4,7-8,14-15,19H,2-3,5-6,9-12H2,1H3,(H,20,21);1H. The molecule has 0 bridgehead atoms. The van der Waals surface area contributed by atoms with E-state index in [1.54, 1.807) is 0 Å². The van der Waals surface area contributed by atoms with Gasteiger partial charge in [0.15, 0.2) is 0 Å². The van der Waals surface area contributed by atoms with Gasteiger partial charge in [0.2, 0.25) is 5.91 Å². The van der Waals surface area contributed by atoms with E-state index in [0.29, 0.717) is 12.5 Å². The van der Waals surface area contributed by atoms with Gasteiger partial charge in [0, 0.05) is 41.8 Å². The maximum Gasteiger partial charge on any atom is 0.225 e. The number of benzene rings is 1. The lowest BCUT2D eigenvalue weighted by Crippen LogP contribution is -2.39. The third-order valence-corrected chi connectivity index (χ3v) is 5.72. The Bertz CT molecular complexity index is 544. The lowest BCUT2D eigenvalue weighted by Gasteiger charge is -2.23. The summed E-state index contributed by atoms with van der Waals surface area (Å²) >= 11 is 1.91. The van der Waals surface area contributed by atoms with Crippen LogP contribution in [0.5, 0.6) is 5.75 Å². The Morgan fingerprint density at radius 1 is 1.38 bits per heavy atom. The highest BCUT2D eigenvalue weighted by molar-refractivity contribution is 7.99. The molecule has 1 heterocycles. The first kappa shape index (κ1) is 19.4. The summed E-state index contributed by atoms with van der Waals surface area (Å²) in [4.78, 5) is 12.3. The van der Waals surface area contributed by atoms with E-state index in [1.165, 1.54) is 12.8 Å². The Morgan fingerprint density at radius 3 is 2.88 bits per heavy atom. The van der Waals surface area contributed by atoms with Crippen LogP contribution in [0.1, 0.15) is 37.7 Å². The zero-order chi connectivity index (χ0) is 16.1. The summed E-state index contributed by atoms with van der Waals surface area (Å²) in [5.41, 5.74) is 1.90. The quantitative estimate of drug-likeness (QED) is 0.828. The fraction of sp³-hybridized carbons (Fsp3) is 0.611. The van der Waals surface area contributed by atoms with Gasteiger partial charge >= 0.3 is 0 Å². The molecule has 0 aromatic heterocycles. The number of carbonyl (C=O) groups is 1. The van der Waals surface area contributed by atoms with Gasteiger partial charge in [0.25, 0.3) is 0 Å². The molecular formula is C18H27ClN2O2S. The topological polar surface area (TPSA) is 50.4 Å². The average molecular weight is 371 g/mol. The Morgan fingerprint density at radius 2 is 2.17 bits per heavy atom. The number of nitrogens with one attached hydrogen (secondary N) is 2. The maximum atomic E-state index is 12.3. The van der Waals surface area contributed by atoms with E-state index in [-0.39, 0.29) is 24.4 Å². The Balaban J connectivity index is 0.00000208. The lowest BCUT2D eigenvalue weighted by atomic mass is 10.1. The minimum atomic E-state index is 0. The first-order valence-electron chi connectivity index (χ1n) is 8.59. The highest BCUT2D eigenvalue weighted by Gasteiger charge is 2.20. The molecule has 1 atom stereocenters. The number of amides is 1. The van der Waals surface area contributed by atoms with Crippen LogP contribution in [0.3, 0.4) is 0 Å². The molecule has 6 heteroatoms. The Labute approximate surface area is 154 Å². The van der Waals surface area contributed by atoms with Crippen LogP contribution in [0.15, 0.2) is 18.2 Å². The Hall–Kier alpha value is -0.910. The van der Waals surface area contributed by atoms with Crippen molar-refractivity contribution >= 4 is 35.8 Å². The Kier molecular flexibility index (Phi) is 7.72. The van der Waals surface area contributed by atoms with Crippen LogP contribution in [-0.2, 0) is 4.79 Å². The molecule has 0 spiro atoms. The van der Waals surface area contributed by atoms with Crippen molar-refractivity contribution in [1.29, 1.82) is 0 Å². The van der Waals surface area contributed by atoms with E-state index >= 15 is 0 Å². The molecule has 1 unspecified atom stereocenters. The zero-order valence-corrected chi connectivity index (χ0v) is 15.8. The molecule has 4 nitrogen and oxygen atoms in total. The summed E-state index contributed by atoms with van der Waals surface area (Å²) in [7, 11) is 0. The van der Waals surface area contributed by atoms with E-state index in [2.05, 4.69) is 10.6 Å². The average Bonchev–Trinajstić information content (AvgIpc) is 3.05. The van der Waals surface area contributed by atoms with Gasteiger partial charge < -0.3 is 15.4 Å². The summed E-state index contributed by atoms with van der Waals surface area (Å²) in [5, 5.41) is 6.46. The second-order valence-electron chi connectivity index (χ2n) is 6.43. The van der Waals surface area contributed by atoms with Gasteiger partial charge in [0.1, 0.15) is 5.75 Å². The molecule has 24 heavy (non-hydrogen) atoms. The molecule has 134 valence electrons. The number of carbonyl (C=O) groups excluding carboxylic acids is 1. The van der Waals surface area contributed by atoms with Crippen LogP contribution in [0.4, 0.5) is 5.69 Å². The zero-order valence-electron chi connectivity index (χ0n) is 14.2. The van der Waals surface area contributed by atoms with E-state index < -0.39 is 0 Å². The van der Waals surface area contributed by atoms with Crippen LogP contribution in [-0.4, -0.2) is 36.1 Å². The molecule has 1 saturated carbocycles. The summed E-state index contributed by atoms with van der Waals surface area (Å²) in [5.74, 6) is 3.13. The van der Waals surface area contributed by atoms with Crippen LogP contribution in [0.2, 0.25) is 0 Å². The summed E-state index contributed by atoms with van der Waals surface area (Å²) < 4.78 is 6.11. The van der Waals surface area contributed by atoms with Crippen LogP contribution >= 0.6 is 24.2 Å². The molecule has 2 aliphatic rings. The van der Waals surface area contributed by atoms with E-state index in [4.69, 9.17) is 4.74 Å². The number of thioether (sulfide) groups is 1. The van der Waals surface area contributed by atoms with E-state index in [0.717, 1.165) is 47.9 Å². The first-order valence-corrected chi connectivity index (χ1v) is 9.75. The largest absolute Gasteiger partial charge is 0.490 e. The van der Waals surface area contributed by atoms with Crippen molar-refractivity contribution in [1.82, 2.24) is 5.32 Å². The van der Waals surface area contributed by atoms with Crippen molar-refractivity contribution in [3.05, 3.63) is 23.8 Å². The van der Waals surface area contributed by atoms with Crippen molar-refractivity contribution in [2.24, 2.45) is 0 Å². The highest BCUT2D eigenvalue weighted by atomic mass is 35.5. The number of ether oxygens (including phenoxy) is 1. The monoisotopic (exact) mass is 370 g/mol. The SMILES string of the molecule is Cc1c(NC(=O)CC2CSCCN2)cccc1OC1CCCC1.Cl. The van der Waals surface area contributed by atoms with E-state index in [1.807, 2.05) is 36.9 Å². The molecular weight excluding hydrogens is 344 g/mol. The number of anilines is 1. The minimum Gasteiger partial charge on any atom is -0.490 e. The fourth-order valence-electron chi connectivity index (χ4n) is 3.24. The minimum absolute atomic E-state index is 0. The van der Waals surface area contributed by atoms with Crippen LogP contribution in [0, 0.1) is 6.92 Å². The van der Waals surface area contributed by atoms with Crippen molar-refractivity contribution in [3.8, 4) is 5.75 Å².